The smallest absolute Gasteiger partial charge is 0.270 e. The van der Waals surface area contributed by atoms with Crippen LogP contribution in [-0.4, -0.2) is 10.5 Å². The first-order valence-electron chi connectivity index (χ1n) is 4.51. The van der Waals surface area contributed by atoms with Crippen molar-refractivity contribution < 1.29 is 4.92 Å². The van der Waals surface area contributed by atoms with E-state index >= 15 is 0 Å². The molecule has 15 heavy (non-hydrogen) atoms. The van der Waals surface area contributed by atoms with Crippen LogP contribution in [0.15, 0.2) is 22.7 Å². The number of hydrogen-bond acceptors (Lipinski definition) is 3. The number of benzene rings is 1. The Bertz CT molecular complexity index is 385. The van der Waals surface area contributed by atoms with Crippen molar-refractivity contribution in [3.63, 3.8) is 0 Å². The summed E-state index contributed by atoms with van der Waals surface area (Å²) in [4.78, 5) is 10.2. The minimum atomic E-state index is -0.405. The molecule has 0 aliphatic heterocycles. The summed E-state index contributed by atoms with van der Waals surface area (Å²) in [6.45, 7) is 3.78. The van der Waals surface area contributed by atoms with Crippen molar-refractivity contribution in [3.8, 4) is 0 Å². The average molecular weight is 273 g/mol. The van der Waals surface area contributed by atoms with E-state index in [4.69, 9.17) is 5.73 Å². The second kappa shape index (κ2) is 4.28. The molecule has 1 aromatic carbocycles. The van der Waals surface area contributed by atoms with Gasteiger partial charge in [-0.05, 0) is 31.9 Å². The minimum absolute atomic E-state index is 0.0867. The zero-order chi connectivity index (χ0) is 11.6. The van der Waals surface area contributed by atoms with Gasteiger partial charge in [0.1, 0.15) is 0 Å². The Kier molecular flexibility index (Phi) is 3.46. The molecule has 0 aliphatic carbocycles. The van der Waals surface area contributed by atoms with Crippen LogP contribution in [-0.2, 0) is 6.42 Å². The number of hydrogen-bond donors (Lipinski definition) is 1. The molecule has 2 N–H and O–H groups in total. The van der Waals surface area contributed by atoms with Gasteiger partial charge in [-0.15, -0.1) is 0 Å². The third kappa shape index (κ3) is 3.97. The standard InChI is InChI=1S/C10H13BrN2O2/c1-10(2,12)6-7-3-8(11)5-9(4-7)13(14)15/h3-5H,6,12H2,1-2H3. The van der Waals surface area contributed by atoms with E-state index in [1.807, 2.05) is 19.9 Å². The summed E-state index contributed by atoms with van der Waals surface area (Å²) in [6.07, 6.45) is 0.604. The minimum Gasteiger partial charge on any atom is -0.325 e. The number of non-ortho nitro benzene ring substituents is 1. The first-order valence-corrected chi connectivity index (χ1v) is 5.30. The van der Waals surface area contributed by atoms with E-state index < -0.39 is 4.92 Å². The molecule has 0 fully saturated rings. The van der Waals surface area contributed by atoms with E-state index in [0.717, 1.165) is 5.56 Å². The van der Waals surface area contributed by atoms with E-state index in [1.54, 1.807) is 6.07 Å². The second-order valence-corrected chi connectivity index (χ2v) is 5.16. The molecular weight excluding hydrogens is 260 g/mol. The molecule has 0 saturated carbocycles. The SMILES string of the molecule is CC(C)(N)Cc1cc(Br)cc([N+](=O)[O-])c1. The number of nitrogens with two attached hydrogens (primary N) is 1. The highest BCUT2D eigenvalue weighted by Crippen LogP contribution is 2.23. The maximum absolute atomic E-state index is 10.6. The van der Waals surface area contributed by atoms with Crippen molar-refractivity contribution in [1.82, 2.24) is 0 Å². The van der Waals surface area contributed by atoms with Crippen molar-refractivity contribution in [2.24, 2.45) is 5.73 Å². The van der Waals surface area contributed by atoms with Gasteiger partial charge in [0.2, 0.25) is 0 Å². The molecule has 5 heteroatoms. The summed E-state index contributed by atoms with van der Waals surface area (Å²) in [6, 6.07) is 4.88. The number of rotatable bonds is 3. The maximum Gasteiger partial charge on any atom is 0.270 e. The fourth-order valence-electron chi connectivity index (χ4n) is 1.37. The van der Waals surface area contributed by atoms with E-state index in [-0.39, 0.29) is 11.2 Å². The predicted molar refractivity (Wildman–Crippen MR) is 62.8 cm³/mol. The van der Waals surface area contributed by atoms with Crippen molar-refractivity contribution in [3.05, 3.63) is 38.3 Å². The van der Waals surface area contributed by atoms with E-state index in [1.165, 1.54) is 6.07 Å². The molecule has 0 aliphatic rings. The first-order chi connectivity index (χ1) is 6.78. The van der Waals surface area contributed by atoms with Crippen LogP contribution in [0.5, 0.6) is 0 Å². The third-order valence-corrected chi connectivity index (χ3v) is 2.27. The van der Waals surface area contributed by atoms with Gasteiger partial charge in [-0.2, -0.15) is 0 Å². The van der Waals surface area contributed by atoms with Gasteiger partial charge >= 0.3 is 0 Å². The fraction of sp³-hybridized carbons (Fsp3) is 0.400. The van der Waals surface area contributed by atoms with Gasteiger partial charge in [0.05, 0.1) is 4.92 Å². The van der Waals surface area contributed by atoms with Crippen LogP contribution >= 0.6 is 15.9 Å². The Balaban J connectivity index is 3.04. The summed E-state index contributed by atoms with van der Waals surface area (Å²) in [5.74, 6) is 0. The molecule has 0 unspecified atom stereocenters. The maximum atomic E-state index is 10.6. The number of nitro benzene ring substituents is 1. The summed E-state index contributed by atoms with van der Waals surface area (Å²) in [5.41, 5.74) is 6.44. The molecule has 1 aromatic rings. The van der Waals surface area contributed by atoms with E-state index in [0.29, 0.717) is 10.9 Å². The lowest BCUT2D eigenvalue weighted by Gasteiger charge is -2.18. The zero-order valence-corrected chi connectivity index (χ0v) is 10.2. The Morgan fingerprint density at radius 1 is 1.47 bits per heavy atom. The van der Waals surface area contributed by atoms with Gasteiger partial charge in [0.15, 0.2) is 0 Å². The monoisotopic (exact) mass is 272 g/mol. The van der Waals surface area contributed by atoms with Crippen LogP contribution in [0.4, 0.5) is 5.69 Å². The fourth-order valence-corrected chi connectivity index (χ4v) is 1.90. The number of nitro groups is 1. The molecule has 0 bridgehead atoms. The molecule has 82 valence electrons. The topological polar surface area (TPSA) is 69.2 Å². The quantitative estimate of drug-likeness (QED) is 0.679. The highest BCUT2D eigenvalue weighted by molar-refractivity contribution is 9.10. The number of nitrogens with zero attached hydrogens (tertiary/aromatic N) is 1. The highest BCUT2D eigenvalue weighted by atomic mass is 79.9. The summed E-state index contributed by atoms with van der Waals surface area (Å²) in [7, 11) is 0. The molecule has 0 spiro atoms. The van der Waals surface area contributed by atoms with Gasteiger partial charge in [-0.25, -0.2) is 0 Å². The van der Waals surface area contributed by atoms with Crippen molar-refractivity contribution in [1.29, 1.82) is 0 Å². The Hall–Kier alpha value is -0.940. The molecule has 0 atom stereocenters. The van der Waals surface area contributed by atoms with E-state index in [9.17, 15) is 10.1 Å². The Morgan fingerprint density at radius 3 is 2.53 bits per heavy atom. The average Bonchev–Trinajstić information content (AvgIpc) is 1.99. The molecular formula is C10H13BrN2O2. The second-order valence-electron chi connectivity index (χ2n) is 4.24. The number of halogens is 1. The Labute approximate surface area is 96.8 Å². The molecule has 4 nitrogen and oxygen atoms in total. The lowest BCUT2D eigenvalue weighted by atomic mass is 9.96. The molecule has 0 radical (unpaired) electrons. The lowest BCUT2D eigenvalue weighted by Crippen LogP contribution is -2.34. The van der Waals surface area contributed by atoms with Gasteiger partial charge < -0.3 is 5.73 Å². The summed E-state index contributed by atoms with van der Waals surface area (Å²) < 4.78 is 0.705. The largest absolute Gasteiger partial charge is 0.325 e. The van der Waals surface area contributed by atoms with Crippen LogP contribution in [0, 0.1) is 10.1 Å². The van der Waals surface area contributed by atoms with Gasteiger partial charge in [-0.1, -0.05) is 15.9 Å². The zero-order valence-electron chi connectivity index (χ0n) is 8.66. The normalized spacial score (nSPS) is 11.5. The van der Waals surface area contributed by atoms with Crippen molar-refractivity contribution in [2.45, 2.75) is 25.8 Å². The Morgan fingerprint density at radius 2 is 2.07 bits per heavy atom. The first kappa shape index (κ1) is 12.1. The molecule has 0 saturated heterocycles. The van der Waals surface area contributed by atoms with E-state index in [2.05, 4.69) is 15.9 Å². The van der Waals surface area contributed by atoms with Crippen LogP contribution in [0.2, 0.25) is 0 Å². The van der Waals surface area contributed by atoms with Crippen LogP contribution in [0.1, 0.15) is 19.4 Å². The highest BCUT2D eigenvalue weighted by Gasteiger charge is 2.15. The van der Waals surface area contributed by atoms with Crippen molar-refractivity contribution >= 4 is 21.6 Å². The molecule has 0 heterocycles. The van der Waals surface area contributed by atoms with Gasteiger partial charge in [0.25, 0.3) is 5.69 Å². The molecule has 0 amide bonds. The molecule has 0 aromatic heterocycles. The van der Waals surface area contributed by atoms with Crippen LogP contribution in [0.3, 0.4) is 0 Å². The third-order valence-electron chi connectivity index (χ3n) is 1.81. The summed E-state index contributed by atoms with van der Waals surface area (Å²) >= 11 is 3.24. The summed E-state index contributed by atoms with van der Waals surface area (Å²) in [5, 5.41) is 10.6. The predicted octanol–water partition coefficient (Wildman–Crippen LogP) is 2.64. The van der Waals surface area contributed by atoms with Gasteiger partial charge in [0, 0.05) is 22.1 Å². The molecule has 1 rings (SSSR count). The van der Waals surface area contributed by atoms with Gasteiger partial charge in [-0.3, -0.25) is 10.1 Å². The van der Waals surface area contributed by atoms with Crippen molar-refractivity contribution in [2.75, 3.05) is 0 Å². The van der Waals surface area contributed by atoms with Crippen LogP contribution < -0.4 is 5.73 Å². The lowest BCUT2D eigenvalue weighted by molar-refractivity contribution is -0.385. The van der Waals surface area contributed by atoms with Crippen LogP contribution in [0.25, 0.3) is 0 Å².